The van der Waals surface area contributed by atoms with E-state index in [9.17, 15) is 0 Å². The average molecular weight is 261 g/mol. The number of ether oxygens (including phenoxy) is 1. The van der Waals surface area contributed by atoms with Crippen molar-refractivity contribution in [2.45, 2.75) is 58.6 Å². The Labute approximate surface area is 108 Å². The van der Waals surface area contributed by atoms with E-state index >= 15 is 0 Å². The molecule has 2 radical (unpaired) electrons. The van der Waals surface area contributed by atoms with Crippen molar-refractivity contribution in [3.63, 3.8) is 0 Å². The van der Waals surface area contributed by atoms with E-state index in [1.54, 1.807) is 0 Å². The maximum Gasteiger partial charge on any atom is 0.171 e. The molecule has 0 spiro atoms. The van der Waals surface area contributed by atoms with Gasteiger partial charge in [-0.1, -0.05) is 27.2 Å². The second-order valence-electron chi connectivity index (χ2n) is 5.47. The summed E-state index contributed by atoms with van der Waals surface area (Å²) in [6.07, 6.45) is 5.61. The third-order valence-electron chi connectivity index (χ3n) is 3.71. The van der Waals surface area contributed by atoms with Gasteiger partial charge in [0.1, 0.15) is 0 Å². The molecule has 3 unspecified atom stereocenters. The van der Waals surface area contributed by atoms with Crippen LogP contribution in [0.25, 0.3) is 0 Å². The highest BCUT2D eigenvalue weighted by Gasteiger charge is 2.30. The van der Waals surface area contributed by atoms with Crippen LogP contribution in [0, 0.1) is 17.8 Å². The van der Waals surface area contributed by atoms with E-state index < -0.39 is 0 Å². The molecule has 0 aromatic carbocycles. The molecule has 1 fully saturated rings. The molecule has 1 rings (SSSR count). The molecule has 0 aromatic heterocycles. The van der Waals surface area contributed by atoms with Crippen LogP contribution >= 0.6 is 11.1 Å². The standard InChI is InChI=1S/C13H25ClOSi/c1-10(2)12-6-5-11(3)9-13(12)15-7-4-8-16-14/h10-13H,4-9H2,1-3H3. The van der Waals surface area contributed by atoms with E-state index in [1.165, 1.54) is 19.3 Å². The van der Waals surface area contributed by atoms with E-state index in [4.69, 9.17) is 15.8 Å². The monoisotopic (exact) mass is 260 g/mol. The summed E-state index contributed by atoms with van der Waals surface area (Å²) in [4.78, 5) is 0. The summed E-state index contributed by atoms with van der Waals surface area (Å²) in [6, 6.07) is 1.11. The molecule has 1 nitrogen and oxygen atoms in total. The Morgan fingerprint density at radius 3 is 2.75 bits per heavy atom. The molecule has 0 saturated heterocycles. The zero-order valence-corrected chi connectivity index (χ0v) is 12.6. The smallest absolute Gasteiger partial charge is 0.171 e. The summed E-state index contributed by atoms with van der Waals surface area (Å²) >= 11 is 5.70. The molecule has 0 heterocycles. The van der Waals surface area contributed by atoms with Crippen LogP contribution in [-0.4, -0.2) is 21.5 Å². The van der Waals surface area contributed by atoms with Gasteiger partial charge in [0.15, 0.2) is 8.83 Å². The minimum Gasteiger partial charge on any atom is -0.378 e. The average Bonchev–Trinajstić information content (AvgIpc) is 2.24. The van der Waals surface area contributed by atoms with E-state index in [0.29, 0.717) is 14.9 Å². The highest BCUT2D eigenvalue weighted by Crippen LogP contribution is 2.35. The zero-order valence-electron chi connectivity index (χ0n) is 10.8. The maximum absolute atomic E-state index is 6.08. The van der Waals surface area contributed by atoms with Gasteiger partial charge < -0.3 is 4.74 Å². The van der Waals surface area contributed by atoms with Crippen molar-refractivity contribution in [1.29, 1.82) is 0 Å². The number of hydrogen-bond acceptors (Lipinski definition) is 1. The van der Waals surface area contributed by atoms with Crippen LogP contribution in [0.3, 0.4) is 0 Å². The first-order valence-corrected chi connectivity index (χ1v) is 8.82. The minimum absolute atomic E-state index is 0.502. The van der Waals surface area contributed by atoms with Gasteiger partial charge in [0, 0.05) is 6.61 Å². The molecular weight excluding hydrogens is 236 g/mol. The molecular formula is C13H25ClOSi. The van der Waals surface area contributed by atoms with Crippen LogP contribution in [0.5, 0.6) is 0 Å². The Morgan fingerprint density at radius 2 is 2.12 bits per heavy atom. The Bertz CT molecular complexity index is 187. The van der Waals surface area contributed by atoms with Crippen molar-refractivity contribution < 1.29 is 4.74 Å². The van der Waals surface area contributed by atoms with Crippen LogP contribution in [0.4, 0.5) is 0 Å². The highest BCUT2D eigenvalue weighted by molar-refractivity contribution is 6.93. The van der Waals surface area contributed by atoms with E-state index in [1.807, 2.05) is 0 Å². The highest BCUT2D eigenvalue weighted by atomic mass is 35.6. The second-order valence-corrected chi connectivity index (χ2v) is 7.04. The molecule has 0 amide bonds. The normalized spacial score (nSPS) is 30.9. The molecule has 94 valence electrons. The topological polar surface area (TPSA) is 9.23 Å². The van der Waals surface area contributed by atoms with Gasteiger partial charge in [-0.25, -0.2) is 0 Å². The van der Waals surface area contributed by atoms with Crippen LogP contribution in [0.2, 0.25) is 6.04 Å². The molecule has 3 heteroatoms. The van der Waals surface area contributed by atoms with Crippen LogP contribution < -0.4 is 0 Å². The molecule has 16 heavy (non-hydrogen) atoms. The van der Waals surface area contributed by atoms with E-state index in [2.05, 4.69) is 20.8 Å². The molecule has 3 atom stereocenters. The predicted molar refractivity (Wildman–Crippen MR) is 72.1 cm³/mol. The third-order valence-corrected chi connectivity index (χ3v) is 4.82. The molecule has 0 N–H and O–H groups in total. The molecule has 0 bridgehead atoms. The van der Waals surface area contributed by atoms with E-state index in [0.717, 1.165) is 36.8 Å². The molecule has 1 aliphatic carbocycles. The fraction of sp³-hybridized carbons (Fsp3) is 1.00. The van der Waals surface area contributed by atoms with Crippen LogP contribution in [0.15, 0.2) is 0 Å². The Balaban J connectivity index is 2.33. The number of rotatable bonds is 6. The van der Waals surface area contributed by atoms with Gasteiger partial charge in [-0.15, -0.1) is 0 Å². The first kappa shape index (κ1) is 14.5. The summed E-state index contributed by atoms with van der Waals surface area (Å²) in [6.45, 7) is 7.92. The minimum atomic E-state index is 0.502. The van der Waals surface area contributed by atoms with E-state index in [-0.39, 0.29) is 0 Å². The summed E-state index contributed by atoms with van der Waals surface area (Å²) in [7, 11) is 0.553. The van der Waals surface area contributed by atoms with Crippen LogP contribution in [0.1, 0.15) is 46.5 Å². The second kappa shape index (κ2) is 7.73. The van der Waals surface area contributed by atoms with Crippen molar-refractivity contribution in [2.75, 3.05) is 6.61 Å². The number of hydrogen-bond donors (Lipinski definition) is 0. The molecule has 0 aliphatic heterocycles. The Kier molecular flexibility index (Phi) is 7.02. The molecule has 1 aliphatic rings. The van der Waals surface area contributed by atoms with Crippen molar-refractivity contribution in [3.8, 4) is 0 Å². The van der Waals surface area contributed by atoms with Crippen molar-refractivity contribution in [2.24, 2.45) is 17.8 Å². The lowest BCUT2D eigenvalue weighted by Crippen LogP contribution is -2.34. The van der Waals surface area contributed by atoms with Gasteiger partial charge in [0.05, 0.1) is 6.10 Å². The lowest BCUT2D eigenvalue weighted by Gasteiger charge is -2.37. The first-order valence-electron chi connectivity index (χ1n) is 6.60. The van der Waals surface area contributed by atoms with Gasteiger partial charge in [-0.05, 0) is 43.1 Å². The largest absolute Gasteiger partial charge is 0.378 e. The fourth-order valence-corrected chi connectivity index (χ4v) is 3.36. The van der Waals surface area contributed by atoms with Crippen LogP contribution in [-0.2, 0) is 4.74 Å². The number of halogens is 1. The van der Waals surface area contributed by atoms with Crippen molar-refractivity contribution in [3.05, 3.63) is 0 Å². The Morgan fingerprint density at radius 1 is 1.38 bits per heavy atom. The maximum atomic E-state index is 6.08. The lowest BCUT2D eigenvalue weighted by atomic mass is 9.75. The SMILES string of the molecule is CC1CCC(C(C)C)C(OCCC[Si]Cl)C1. The van der Waals surface area contributed by atoms with Gasteiger partial charge in [0.2, 0.25) is 0 Å². The van der Waals surface area contributed by atoms with Crippen molar-refractivity contribution in [1.82, 2.24) is 0 Å². The van der Waals surface area contributed by atoms with Gasteiger partial charge in [-0.2, -0.15) is 11.1 Å². The van der Waals surface area contributed by atoms with Gasteiger partial charge >= 0.3 is 0 Å². The Hall–Kier alpha value is 0.467. The molecule has 0 aromatic rings. The first-order chi connectivity index (χ1) is 7.65. The zero-order chi connectivity index (χ0) is 12.0. The quantitative estimate of drug-likeness (QED) is 0.396. The third kappa shape index (κ3) is 4.76. The van der Waals surface area contributed by atoms with Crippen molar-refractivity contribution >= 4 is 19.9 Å². The lowest BCUT2D eigenvalue weighted by molar-refractivity contribution is -0.0378. The molecule has 1 saturated carbocycles. The summed E-state index contributed by atoms with van der Waals surface area (Å²) in [5.41, 5.74) is 0. The van der Waals surface area contributed by atoms with Gasteiger partial charge in [-0.3, -0.25) is 0 Å². The summed E-state index contributed by atoms with van der Waals surface area (Å²) in [5, 5.41) is 0. The predicted octanol–water partition coefficient (Wildman–Crippen LogP) is 4.13. The summed E-state index contributed by atoms with van der Waals surface area (Å²) < 4.78 is 6.08. The van der Waals surface area contributed by atoms with Gasteiger partial charge in [0.25, 0.3) is 0 Å². The fourth-order valence-electron chi connectivity index (χ4n) is 2.68. The summed E-state index contributed by atoms with van der Waals surface area (Å²) in [5.74, 6) is 2.37.